The number of benzene rings is 1. The highest BCUT2D eigenvalue weighted by Gasteiger charge is 2.38. The molecule has 0 saturated heterocycles. The summed E-state index contributed by atoms with van der Waals surface area (Å²) in [5.74, 6) is 0.666. The van der Waals surface area contributed by atoms with Gasteiger partial charge in [0.05, 0.1) is 32.8 Å². The number of rotatable bonds is 6. The number of esters is 1. The van der Waals surface area contributed by atoms with E-state index in [-0.39, 0.29) is 23.9 Å². The number of carbonyl (C=O) groups excluding carboxylic acids is 1. The first kappa shape index (κ1) is 15.6. The molecule has 0 aromatic heterocycles. The van der Waals surface area contributed by atoms with Gasteiger partial charge in [-0.2, -0.15) is 0 Å². The van der Waals surface area contributed by atoms with Gasteiger partial charge in [-0.3, -0.25) is 4.79 Å². The van der Waals surface area contributed by atoms with E-state index in [1.807, 2.05) is 30.3 Å². The van der Waals surface area contributed by atoms with Gasteiger partial charge in [0, 0.05) is 0 Å². The molecule has 1 fully saturated rings. The van der Waals surface area contributed by atoms with Crippen LogP contribution < -0.4 is 4.74 Å². The Hall–Kier alpha value is -1.81. The summed E-state index contributed by atoms with van der Waals surface area (Å²) < 4.78 is 15.9. The average Bonchev–Trinajstić information content (AvgIpc) is 2.96. The van der Waals surface area contributed by atoms with Gasteiger partial charge in [0.2, 0.25) is 0 Å². The Bertz CT molecular complexity index is 480. The van der Waals surface area contributed by atoms with E-state index in [0.717, 1.165) is 17.7 Å². The van der Waals surface area contributed by atoms with Gasteiger partial charge in [0.25, 0.3) is 0 Å². The van der Waals surface area contributed by atoms with Crippen LogP contribution in [0.5, 0.6) is 5.75 Å². The van der Waals surface area contributed by atoms with Crippen molar-refractivity contribution in [1.29, 1.82) is 0 Å². The van der Waals surface area contributed by atoms with Crippen molar-refractivity contribution in [2.45, 2.75) is 25.6 Å². The monoisotopic (exact) mass is 290 g/mol. The molecule has 3 atom stereocenters. The zero-order valence-electron chi connectivity index (χ0n) is 12.6. The summed E-state index contributed by atoms with van der Waals surface area (Å²) in [6.07, 6.45) is 3.41. The number of carbonyl (C=O) groups is 1. The second-order valence-corrected chi connectivity index (χ2v) is 5.28. The van der Waals surface area contributed by atoms with Crippen molar-refractivity contribution < 1.29 is 19.0 Å². The molecule has 0 N–H and O–H groups in total. The Morgan fingerprint density at radius 2 is 2.00 bits per heavy atom. The van der Waals surface area contributed by atoms with E-state index < -0.39 is 0 Å². The van der Waals surface area contributed by atoms with Crippen LogP contribution in [0.15, 0.2) is 36.9 Å². The minimum atomic E-state index is -0.171. The normalized spacial score (nSPS) is 24.6. The van der Waals surface area contributed by atoms with E-state index in [2.05, 4.69) is 6.58 Å². The highest BCUT2D eigenvalue weighted by molar-refractivity contribution is 5.73. The van der Waals surface area contributed by atoms with Crippen molar-refractivity contribution in [3.05, 3.63) is 42.5 Å². The Labute approximate surface area is 125 Å². The molecule has 0 heterocycles. The standard InChI is InChI=1S/C17H22O4/c1-4-13-9-15(10-16(13)17(18)20-3)21-11-12-5-7-14(19-2)8-6-12/h4-8,13,15-16H,1,9-11H2,2-3H3/t13-,15-,16+/m0/s1. The molecule has 0 radical (unpaired) electrons. The molecule has 1 aliphatic carbocycles. The van der Waals surface area contributed by atoms with E-state index in [0.29, 0.717) is 13.0 Å². The van der Waals surface area contributed by atoms with Gasteiger partial charge in [-0.1, -0.05) is 18.2 Å². The van der Waals surface area contributed by atoms with E-state index in [1.54, 1.807) is 7.11 Å². The Morgan fingerprint density at radius 1 is 1.29 bits per heavy atom. The second kappa shape index (κ2) is 7.27. The van der Waals surface area contributed by atoms with Crippen LogP contribution in [0.4, 0.5) is 0 Å². The Kier molecular flexibility index (Phi) is 5.39. The molecule has 0 bridgehead atoms. The molecule has 4 nitrogen and oxygen atoms in total. The van der Waals surface area contributed by atoms with Crippen molar-refractivity contribution in [3.8, 4) is 5.75 Å². The lowest BCUT2D eigenvalue weighted by atomic mass is 9.97. The number of hydrogen-bond donors (Lipinski definition) is 0. The first-order valence-corrected chi connectivity index (χ1v) is 7.12. The maximum Gasteiger partial charge on any atom is 0.309 e. The van der Waals surface area contributed by atoms with Crippen LogP contribution in [0.1, 0.15) is 18.4 Å². The topological polar surface area (TPSA) is 44.8 Å². The number of allylic oxidation sites excluding steroid dienone is 1. The molecular weight excluding hydrogens is 268 g/mol. The largest absolute Gasteiger partial charge is 0.497 e. The molecule has 0 amide bonds. The summed E-state index contributed by atoms with van der Waals surface area (Å²) in [4.78, 5) is 11.7. The minimum absolute atomic E-state index is 0.0687. The molecule has 0 unspecified atom stereocenters. The smallest absolute Gasteiger partial charge is 0.309 e. The third-order valence-corrected chi connectivity index (χ3v) is 4.02. The van der Waals surface area contributed by atoms with Crippen LogP contribution in [0.3, 0.4) is 0 Å². The summed E-state index contributed by atoms with van der Waals surface area (Å²) >= 11 is 0. The lowest BCUT2D eigenvalue weighted by Crippen LogP contribution is -2.19. The average molecular weight is 290 g/mol. The molecule has 4 heteroatoms. The van der Waals surface area contributed by atoms with Crippen molar-refractivity contribution in [2.75, 3.05) is 14.2 Å². The van der Waals surface area contributed by atoms with Crippen molar-refractivity contribution >= 4 is 5.97 Å². The van der Waals surface area contributed by atoms with Gasteiger partial charge in [-0.05, 0) is 36.5 Å². The Balaban J connectivity index is 1.88. The van der Waals surface area contributed by atoms with Crippen LogP contribution in [0.25, 0.3) is 0 Å². The third kappa shape index (κ3) is 3.85. The third-order valence-electron chi connectivity index (χ3n) is 4.02. The number of ether oxygens (including phenoxy) is 3. The van der Waals surface area contributed by atoms with Crippen molar-refractivity contribution in [1.82, 2.24) is 0 Å². The predicted octanol–water partition coefficient (Wildman–Crippen LogP) is 2.97. The SMILES string of the molecule is C=C[C@H]1C[C@H](OCc2ccc(OC)cc2)C[C@H]1C(=O)OC. The van der Waals surface area contributed by atoms with Gasteiger partial charge in [0.15, 0.2) is 0 Å². The summed E-state index contributed by atoms with van der Waals surface area (Å²) in [7, 11) is 3.07. The predicted molar refractivity (Wildman–Crippen MR) is 80.0 cm³/mol. The molecule has 2 rings (SSSR count). The zero-order chi connectivity index (χ0) is 15.2. The molecule has 21 heavy (non-hydrogen) atoms. The molecule has 1 aromatic rings. The minimum Gasteiger partial charge on any atom is -0.497 e. The maximum absolute atomic E-state index is 11.7. The highest BCUT2D eigenvalue weighted by Crippen LogP contribution is 2.35. The van der Waals surface area contributed by atoms with Crippen LogP contribution in [-0.2, 0) is 20.9 Å². The zero-order valence-corrected chi connectivity index (χ0v) is 12.6. The van der Waals surface area contributed by atoms with E-state index in [9.17, 15) is 4.79 Å². The molecule has 114 valence electrons. The van der Waals surface area contributed by atoms with Crippen LogP contribution in [0, 0.1) is 11.8 Å². The van der Waals surface area contributed by atoms with E-state index in [1.165, 1.54) is 7.11 Å². The summed E-state index contributed by atoms with van der Waals surface area (Å²) in [5.41, 5.74) is 1.09. The first-order chi connectivity index (χ1) is 10.2. The van der Waals surface area contributed by atoms with Gasteiger partial charge in [0.1, 0.15) is 5.75 Å². The van der Waals surface area contributed by atoms with Gasteiger partial charge < -0.3 is 14.2 Å². The van der Waals surface area contributed by atoms with Crippen molar-refractivity contribution in [3.63, 3.8) is 0 Å². The summed E-state index contributed by atoms with van der Waals surface area (Å²) in [6.45, 7) is 4.34. The van der Waals surface area contributed by atoms with E-state index >= 15 is 0 Å². The van der Waals surface area contributed by atoms with Crippen LogP contribution in [0.2, 0.25) is 0 Å². The fraction of sp³-hybridized carbons (Fsp3) is 0.471. The first-order valence-electron chi connectivity index (χ1n) is 7.12. The molecule has 0 spiro atoms. The summed E-state index contributed by atoms with van der Waals surface area (Å²) in [6, 6.07) is 7.79. The van der Waals surface area contributed by atoms with Gasteiger partial charge in [-0.15, -0.1) is 6.58 Å². The lowest BCUT2D eigenvalue weighted by molar-refractivity contribution is -0.146. The van der Waals surface area contributed by atoms with Crippen LogP contribution >= 0.6 is 0 Å². The fourth-order valence-corrected chi connectivity index (χ4v) is 2.78. The highest BCUT2D eigenvalue weighted by atomic mass is 16.5. The van der Waals surface area contributed by atoms with Crippen LogP contribution in [-0.4, -0.2) is 26.3 Å². The van der Waals surface area contributed by atoms with E-state index in [4.69, 9.17) is 14.2 Å². The lowest BCUT2D eigenvalue weighted by Gasteiger charge is -2.12. The second-order valence-electron chi connectivity index (χ2n) is 5.28. The fourth-order valence-electron chi connectivity index (χ4n) is 2.78. The molecule has 0 aliphatic heterocycles. The summed E-state index contributed by atoms with van der Waals surface area (Å²) in [5, 5.41) is 0. The Morgan fingerprint density at radius 3 is 2.57 bits per heavy atom. The molecular formula is C17H22O4. The van der Waals surface area contributed by atoms with Crippen molar-refractivity contribution in [2.24, 2.45) is 11.8 Å². The molecule has 1 saturated carbocycles. The van der Waals surface area contributed by atoms with Gasteiger partial charge in [-0.25, -0.2) is 0 Å². The number of methoxy groups -OCH3 is 2. The molecule has 1 aliphatic rings. The van der Waals surface area contributed by atoms with Gasteiger partial charge >= 0.3 is 5.97 Å². The molecule has 1 aromatic carbocycles. The quantitative estimate of drug-likeness (QED) is 0.597. The number of hydrogen-bond acceptors (Lipinski definition) is 4. The maximum atomic E-state index is 11.7.